The van der Waals surface area contributed by atoms with E-state index in [1.807, 2.05) is 18.2 Å². The Balaban J connectivity index is 1.32. The van der Waals surface area contributed by atoms with Gasteiger partial charge in [0.05, 0.1) is 12.3 Å². The molecule has 2 aliphatic rings. The fraction of sp³-hybridized carbons (Fsp3) is 0.429. The zero-order valence-electron chi connectivity index (χ0n) is 16.2. The molecular weight excluding hydrogens is 370 g/mol. The van der Waals surface area contributed by atoms with Crippen molar-refractivity contribution in [3.63, 3.8) is 0 Å². The van der Waals surface area contributed by atoms with Crippen molar-refractivity contribution in [2.45, 2.75) is 37.0 Å². The number of benzene rings is 1. The smallest absolute Gasteiger partial charge is 0.259 e. The summed E-state index contributed by atoms with van der Waals surface area (Å²) in [6.45, 7) is 1.57. The van der Waals surface area contributed by atoms with Gasteiger partial charge in [0.15, 0.2) is 0 Å². The zero-order chi connectivity index (χ0) is 19.8. The summed E-state index contributed by atoms with van der Waals surface area (Å²) in [7, 11) is 1.68. The lowest BCUT2D eigenvalue weighted by Crippen LogP contribution is -2.49. The second-order valence-electron chi connectivity index (χ2n) is 7.66. The predicted molar refractivity (Wildman–Crippen MR) is 104 cm³/mol. The lowest BCUT2D eigenvalue weighted by molar-refractivity contribution is -0.0950. The lowest BCUT2D eigenvalue weighted by atomic mass is 9.89. The van der Waals surface area contributed by atoms with Crippen LogP contribution in [-0.2, 0) is 16.8 Å². The highest BCUT2D eigenvalue weighted by Gasteiger charge is 2.45. The Hall–Kier alpha value is -2.68. The van der Waals surface area contributed by atoms with E-state index in [1.54, 1.807) is 25.7 Å². The van der Waals surface area contributed by atoms with Crippen molar-refractivity contribution in [1.29, 1.82) is 0 Å². The third kappa shape index (κ3) is 3.13. The van der Waals surface area contributed by atoms with Gasteiger partial charge in [-0.1, -0.05) is 29.4 Å². The minimum atomic E-state index is -0.625. The largest absolute Gasteiger partial charge is 0.387 e. The summed E-state index contributed by atoms with van der Waals surface area (Å²) >= 11 is 0. The maximum Gasteiger partial charge on any atom is 0.259 e. The molecule has 3 aromatic rings. The topological polar surface area (TPSA) is 97.4 Å². The van der Waals surface area contributed by atoms with Crippen molar-refractivity contribution in [3.05, 3.63) is 59.9 Å². The molecule has 29 heavy (non-hydrogen) atoms. The number of fused-ring (bicyclic) bond motifs is 1. The lowest BCUT2D eigenvalue weighted by Gasteiger charge is -2.41. The molecule has 5 rings (SSSR count). The van der Waals surface area contributed by atoms with Gasteiger partial charge in [0, 0.05) is 38.6 Å². The van der Waals surface area contributed by atoms with Gasteiger partial charge in [-0.25, -0.2) is 4.98 Å². The average Bonchev–Trinajstić information content (AvgIpc) is 3.41. The van der Waals surface area contributed by atoms with Gasteiger partial charge in [-0.2, -0.15) is 4.98 Å². The van der Waals surface area contributed by atoms with Crippen LogP contribution in [0.2, 0.25) is 0 Å². The Labute approximate surface area is 168 Å². The second kappa shape index (κ2) is 7.29. The summed E-state index contributed by atoms with van der Waals surface area (Å²) in [6, 6.07) is 8.25. The molecule has 1 aromatic carbocycles. The summed E-state index contributed by atoms with van der Waals surface area (Å²) < 4.78 is 11.5. The molecule has 2 aromatic heterocycles. The van der Waals surface area contributed by atoms with Crippen molar-refractivity contribution in [2.75, 3.05) is 20.2 Å². The standard InChI is InChI=1S/C21H23N5O3/c1-28-21(20-24-19(25-29-20)16-13-22-8-9-23-16)6-10-26(11-7-21)17-12-14-4-2-3-5-15(14)18(17)27/h2-5,8-9,13,17-18,27H,6-7,10-12H2,1H3/t17-,18+/m1/s1. The number of hydrogen-bond acceptors (Lipinski definition) is 8. The van der Waals surface area contributed by atoms with Crippen molar-refractivity contribution < 1.29 is 14.4 Å². The van der Waals surface area contributed by atoms with Crippen molar-refractivity contribution in [3.8, 4) is 11.5 Å². The summed E-state index contributed by atoms with van der Waals surface area (Å²) in [6.07, 6.45) is 6.65. The van der Waals surface area contributed by atoms with Crippen LogP contribution in [0, 0.1) is 0 Å². The molecule has 0 saturated carbocycles. The van der Waals surface area contributed by atoms with Crippen molar-refractivity contribution in [2.24, 2.45) is 0 Å². The number of piperidine rings is 1. The molecule has 0 radical (unpaired) electrons. The van der Waals surface area contributed by atoms with Gasteiger partial charge >= 0.3 is 0 Å². The van der Waals surface area contributed by atoms with E-state index in [1.165, 1.54) is 5.56 Å². The number of hydrogen-bond donors (Lipinski definition) is 1. The van der Waals surface area contributed by atoms with E-state index in [0.717, 1.165) is 25.1 Å². The van der Waals surface area contributed by atoms with Crippen LogP contribution in [0.3, 0.4) is 0 Å². The number of nitrogens with zero attached hydrogens (tertiary/aromatic N) is 5. The molecule has 1 N–H and O–H groups in total. The van der Waals surface area contributed by atoms with Crippen LogP contribution in [0.5, 0.6) is 0 Å². The first-order valence-corrected chi connectivity index (χ1v) is 9.86. The molecule has 3 heterocycles. The Bertz CT molecular complexity index is 985. The molecule has 0 unspecified atom stereocenters. The van der Waals surface area contributed by atoms with Crippen LogP contribution in [0.25, 0.3) is 11.5 Å². The molecule has 0 amide bonds. The molecule has 1 aliphatic carbocycles. The number of rotatable bonds is 4. The highest BCUT2D eigenvalue weighted by molar-refractivity contribution is 5.45. The van der Waals surface area contributed by atoms with E-state index in [9.17, 15) is 5.11 Å². The Morgan fingerprint density at radius 2 is 2.03 bits per heavy atom. The first kappa shape index (κ1) is 18.4. The molecular formula is C21H23N5O3. The summed E-state index contributed by atoms with van der Waals surface area (Å²) in [5.41, 5.74) is 2.23. The first-order valence-electron chi connectivity index (χ1n) is 9.86. The minimum absolute atomic E-state index is 0.0973. The van der Waals surface area contributed by atoms with E-state index in [4.69, 9.17) is 9.26 Å². The molecule has 150 valence electrons. The van der Waals surface area contributed by atoms with Crippen molar-refractivity contribution >= 4 is 0 Å². The number of likely N-dealkylation sites (tertiary alicyclic amines) is 1. The average molecular weight is 393 g/mol. The van der Waals surface area contributed by atoms with Gasteiger partial charge < -0.3 is 14.4 Å². The highest BCUT2D eigenvalue weighted by atomic mass is 16.5. The normalized spacial score (nSPS) is 23.8. The van der Waals surface area contributed by atoms with Crippen LogP contribution < -0.4 is 0 Å². The van der Waals surface area contributed by atoms with Gasteiger partial charge in [0.1, 0.15) is 11.3 Å². The van der Waals surface area contributed by atoms with Crippen LogP contribution in [0.15, 0.2) is 47.4 Å². The Morgan fingerprint density at radius 1 is 1.21 bits per heavy atom. The second-order valence-corrected chi connectivity index (χ2v) is 7.66. The third-order valence-corrected chi connectivity index (χ3v) is 6.24. The fourth-order valence-corrected chi connectivity index (χ4v) is 4.53. The maximum absolute atomic E-state index is 10.8. The highest BCUT2D eigenvalue weighted by Crippen LogP contribution is 2.40. The number of aromatic nitrogens is 4. The van der Waals surface area contributed by atoms with E-state index in [0.29, 0.717) is 30.3 Å². The summed E-state index contributed by atoms with van der Waals surface area (Å²) in [5, 5.41) is 14.9. The van der Waals surface area contributed by atoms with E-state index in [2.05, 4.69) is 31.1 Å². The molecule has 2 atom stereocenters. The number of aliphatic hydroxyl groups is 1. The molecule has 1 fully saturated rings. The quantitative estimate of drug-likeness (QED) is 0.720. The van der Waals surface area contributed by atoms with Crippen molar-refractivity contribution in [1.82, 2.24) is 25.0 Å². The molecule has 0 spiro atoms. The van der Waals surface area contributed by atoms with Gasteiger partial charge in [0.25, 0.3) is 5.89 Å². The monoisotopic (exact) mass is 393 g/mol. The Kier molecular flexibility index (Phi) is 4.61. The van der Waals surface area contributed by atoms with E-state index in [-0.39, 0.29) is 6.04 Å². The number of aliphatic hydroxyl groups excluding tert-OH is 1. The van der Waals surface area contributed by atoms with Crippen LogP contribution in [-0.4, -0.2) is 56.4 Å². The number of methoxy groups -OCH3 is 1. The summed E-state index contributed by atoms with van der Waals surface area (Å²) in [5.74, 6) is 0.879. The first-order chi connectivity index (χ1) is 14.2. The molecule has 0 bridgehead atoms. The van der Waals surface area contributed by atoms with Gasteiger partial charge in [-0.15, -0.1) is 0 Å². The van der Waals surface area contributed by atoms with Crippen LogP contribution >= 0.6 is 0 Å². The van der Waals surface area contributed by atoms with E-state index < -0.39 is 11.7 Å². The molecule has 1 saturated heterocycles. The minimum Gasteiger partial charge on any atom is -0.387 e. The molecule has 8 heteroatoms. The van der Waals surface area contributed by atoms with Gasteiger partial charge in [-0.05, 0) is 30.4 Å². The maximum atomic E-state index is 10.8. The molecule has 1 aliphatic heterocycles. The zero-order valence-corrected chi connectivity index (χ0v) is 16.2. The fourth-order valence-electron chi connectivity index (χ4n) is 4.53. The van der Waals surface area contributed by atoms with E-state index >= 15 is 0 Å². The van der Waals surface area contributed by atoms with Crippen LogP contribution in [0.1, 0.15) is 36.0 Å². The van der Waals surface area contributed by atoms with Gasteiger partial charge in [-0.3, -0.25) is 9.88 Å². The summed E-state index contributed by atoms with van der Waals surface area (Å²) in [4.78, 5) is 15.2. The SMILES string of the molecule is COC1(c2nc(-c3cnccn3)no2)CCN([C@@H]2Cc3ccccc3[C@@H]2O)CC1. The number of ether oxygens (including phenoxy) is 1. The Morgan fingerprint density at radius 3 is 2.76 bits per heavy atom. The van der Waals surface area contributed by atoms with Crippen LogP contribution in [0.4, 0.5) is 0 Å². The predicted octanol–water partition coefficient (Wildman–Crippen LogP) is 2.12. The van der Waals surface area contributed by atoms with Gasteiger partial charge in [0.2, 0.25) is 5.82 Å². The third-order valence-electron chi connectivity index (χ3n) is 6.24. The molecule has 8 nitrogen and oxygen atoms in total.